The predicted molar refractivity (Wildman–Crippen MR) is 108 cm³/mol. The van der Waals surface area contributed by atoms with Gasteiger partial charge in [0.1, 0.15) is 0 Å². The van der Waals surface area contributed by atoms with Crippen LogP contribution in [0.15, 0.2) is 0 Å². The second kappa shape index (κ2) is 7.92. The van der Waals surface area contributed by atoms with Crippen LogP contribution < -0.4 is 0 Å². The molecule has 0 aromatic carbocycles. The number of hydrogen-bond acceptors (Lipinski definition) is 1. The number of hydrogen-bond donors (Lipinski definition) is 1. The van der Waals surface area contributed by atoms with Crippen LogP contribution >= 0.6 is 0 Å². The Labute approximate surface area is 165 Å². The highest BCUT2D eigenvalue weighted by molar-refractivity contribution is 5.12. The molecule has 0 radical (unpaired) electrons. The van der Waals surface area contributed by atoms with Crippen molar-refractivity contribution < 1.29 is 13.9 Å². The highest BCUT2D eigenvalue weighted by atomic mass is 19.3. The number of alkyl halides is 2. The molecule has 3 heteroatoms. The quantitative estimate of drug-likeness (QED) is 0.551. The van der Waals surface area contributed by atoms with Gasteiger partial charge in [0.25, 0.3) is 5.92 Å². The Morgan fingerprint density at radius 2 is 1.59 bits per heavy atom. The fraction of sp³-hybridized carbons (Fsp3) is 1.00. The van der Waals surface area contributed by atoms with Crippen molar-refractivity contribution in [2.45, 2.75) is 104 Å². The summed E-state index contributed by atoms with van der Waals surface area (Å²) < 4.78 is 30.9. The summed E-state index contributed by atoms with van der Waals surface area (Å²) in [5.74, 6) is -1.64. The van der Waals surface area contributed by atoms with Crippen molar-refractivity contribution >= 4 is 0 Å². The average Bonchev–Trinajstić information content (AvgIpc) is 2.98. The summed E-state index contributed by atoms with van der Waals surface area (Å²) in [4.78, 5) is 0. The molecule has 4 rings (SSSR count). The standard InChI is InChI=1S/C22H36F2O.C2H6/c1-20-11-4-3-6-16(20)14-22(23,24)19-17-9-8-15(7-5-13-25)21(17,2)12-10-18(19)20;1-2/h15-19,25H,3-14H2,1-2H3;1-2H3. The summed E-state index contributed by atoms with van der Waals surface area (Å²) in [6, 6.07) is 0. The second-order valence-corrected chi connectivity index (χ2v) is 10.3. The van der Waals surface area contributed by atoms with Crippen LogP contribution in [0.3, 0.4) is 0 Å². The fourth-order valence-electron chi connectivity index (χ4n) is 8.11. The molecule has 0 heterocycles. The number of rotatable bonds is 3. The maximum absolute atomic E-state index is 15.4. The topological polar surface area (TPSA) is 20.2 Å². The maximum Gasteiger partial charge on any atom is 0.251 e. The van der Waals surface area contributed by atoms with Crippen molar-refractivity contribution in [1.29, 1.82) is 0 Å². The third-order valence-electron chi connectivity index (χ3n) is 9.48. The predicted octanol–water partition coefficient (Wildman–Crippen LogP) is 7.08. The molecule has 0 bridgehead atoms. The lowest BCUT2D eigenvalue weighted by atomic mass is 9.44. The van der Waals surface area contributed by atoms with Gasteiger partial charge in [0.15, 0.2) is 0 Å². The van der Waals surface area contributed by atoms with Gasteiger partial charge in [-0.15, -0.1) is 0 Å². The maximum atomic E-state index is 15.4. The van der Waals surface area contributed by atoms with Crippen LogP contribution in [0.5, 0.6) is 0 Å². The fourth-order valence-corrected chi connectivity index (χ4v) is 8.11. The minimum atomic E-state index is -2.47. The molecular weight excluding hydrogens is 342 g/mol. The molecule has 1 N–H and O–H groups in total. The minimum Gasteiger partial charge on any atom is -0.396 e. The van der Waals surface area contributed by atoms with Gasteiger partial charge in [-0.05, 0) is 85.9 Å². The van der Waals surface area contributed by atoms with Crippen molar-refractivity contribution in [3.63, 3.8) is 0 Å². The van der Waals surface area contributed by atoms with E-state index in [2.05, 4.69) is 13.8 Å². The van der Waals surface area contributed by atoms with Crippen molar-refractivity contribution in [2.75, 3.05) is 6.61 Å². The van der Waals surface area contributed by atoms with Crippen LogP contribution in [-0.4, -0.2) is 17.6 Å². The summed E-state index contributed by atoms with van der Waals surface area (Å²) >= 11 is 0. The number of halogens is 2. The van der Waals surface area contributed by atoms with Gasteiger partial charge in [0.2, 0.25) is 0 Å². The summed E-state index contributed by atoms with van der Waals surface area (Å²) in [6.07, 6.45) is 10.8. The van der Waals surface area contributed by atoms with Gasteiger partial charge < -0.3 is 5.11 Å². The van der Waals surface area contributed by atoms with Crippen LogP contribution in [0, 0.1) is 40.4 Å². The van der Waals surface area contributed by atoms with Crippen molar-refractivity contribution in [3.05, 3.63) is 0 Å². The monoisotopic (exact) mass is 384 g/mol. The summed E-state index contributed by atoms with van der Waals surface area (Å²) in [6.45, 7) is 8.91. The Morgan fingerprint density at radius 3 is 2.30 bits per heavy atom. The number of fused-ring (bicyclic) bond motifs is 5. The van der Waals surface area contributed by atoms with Gasteiger partial charge in [0.05, 0.1) is 0 Å². The normalized spacial score (nSPS) is 47.9. The molecule has 0 saturated heterocycles. The van der Waals surface area contributed by atoms with Crippen molar-refractivity contribution in [2.24, 2.45) is 40.4 Å². The highest BCUT2D eigenvalue weighted by Crippen LogP contribution is 2.70. The zero-order valence-electron chi connectivity index (χ0n) is 18.1. The Morgan fingerprint density at radius 1 is 0.889 bits per heavy atom. The van der Waals surface area contributed by atoms with Crippen LogP contribution in [0.25, 0.3) is 0 Å². The summed E-state index contributed by atoms with van der Waals surface area (Å²) in [5.41, 5.74) is 0.243. The van der Waals surface area contributed by atoms with E-state index in [1.54, 1.807) is 0 Å². The number of aliphatic hydroxyl groups is 1. The van der Waals surface area contributed by atoms with Gasteiger partial charge >= 0.3 is 0 Å². The van der Waals surface area contributed by atoms with E-state index in [0.29, 0.717) is 5.92 Å². The van der Waals surface area contributed by atoms with Gasteiger partial charge in [-0.2, -0.15) is 0 Å². The second-order valence-electron chi connectivity index (χ2n) is 10.3. The third kappa shape index (κ3) is 3.38. The lowest BCUT2D eigenvalue weighted by Gasteiger charge is -2.62. The third-order valence-corrected chi connectivity index (χ3v) is 9.48. The largest absolute Gasteiger partial charge is 0.396 e. The van der Waals surface area contributed by atoms with E-state index in [0.717, 1.165) is 51.4 Å². The Balaban J connectivity index is 0.00000102. The van der Waals surface area contributed by atoms with Gasteiger partial charge in [-0.3, -0.25) is 0 Å². The average molecular weight is 385 g/mol. The molecule has 0 spiro atoms. The van der Waals surface area contributed by atoms with E-state index in [4.69, 9.17) is 0 Å². The highest BCUT2D eigenvalue weighted by Gasteiger charge is 2.67. The van der Waals surface area contributed by atoms with Crippen LogP contribution in [0.4, 0.5) is 8.78 Å². The van der Waals surface area contributed by atoms with E-state index in [9.17, 15) is 5.11 Å². The van der Waals surface area contributed by atoms with Crippen LogP contribution in [0.2, 0.25) is 0 Å². The molecule has 7 atom stereocenters. The molecule has 1 nitrogen and oxygen atoms in total. The van der Waals surface area contributed by atoms with E-state index >= 15 is 8.78 Å². The van der Waals surface area contributed by atoms with Gasteiger partial charge in [0, 0.05) is 18.9 Å². The number of aliphatic hydroxyl groups excluding tert-OH is 1. The van der Waals surface area contributed by atoms with Gasteiger partial charge in [-0.25, -0.2) is 8.78 Å². The summed E-state index contributed by atoms with van der Waals surface area (Å²) in [7, 11) is 0. The molecular formula is C24H42F2O. The lowest BCUT2D eigenvalue weighted by molar-refractivity contribution is -0.231. The Kier molecular flexibility index (Phi) is 6.31. The smallest absolute Gasteiger partial charge is 0.251 e. The van der Waals surface area contributed by atoms with Gasteiger partial charge in [-0.1, -0.05) is 40.5 Å². The molecule has 0 aromatic heterocycles. The van der Waals surface area contributed by atoms with Crippen molar-refractivity contribution in [1.82, 2.24) is 0 Å². The molecule has 27 heavy (non-hydrogen) atoms. The molecule has 4 saturated carbocycles. The summed E-state index contributed by atoms with van der Waals surface area (Å²) in [5, 5.41) is 9.22. The van der Waals surface area contributed by atoms with Crippen LogP contribution in [0.1, 0.15) is 98.3 Å². The SMILES string of the molecule is CC.CC12CCC3C(C1CCC2CCCO)C(F)(F)CC1CCCCC13C. The first-order valence-electron chi connectivity index (χ1n) is 11.8. The van der Waals surface area contributed by atoms with E-state index in [1.807, 2.05) is 13.8 Å². The van der Waals surface area contributed by atoms with E-state index in [1.165, 1.54) is 12.8 Å². The molecule has 4 aliphatic rings. The zero-order chi connectivity index (χ0) is 19.9. The molecule has 158 valence electrons. The zero-order valence-corrected chi connectivity index (χ0v) is 18.1. The Hall–Kier alpha value is -0.180. The minimum absolute atomic E-state index is 0.0810. The molecule has 7 unspecified atom stereocenters. The molecule has 0 aliphatic heterocycles. The first-order valence-corrected chi connectivity index (χ1v) is 11.8. The lowest BCUT2D eigenvalue weighted by Crippen LogP contribution is -2.60. The molecule has 4 fully saturated rings. The first-order chi connectivity index (χ1) is 12.8. The Bertz CT molecular complexity index is 507. The van der Waals surface area contributed by atoms with E-state index < -0.39 is 5.92 Å². The molecule has 0 amide bonds. The first kappa shape index (κ1) is 21.5. The van der Waals surface area contributed by atoms with Crippen LogP contribution in [-0.2, 0) is 0 Å². The molecule has 4 aliphatic carbocycles. The van der Waals surface area contributed by atoms with E-state index in [-0.39, 0.29) is 47.5 Å². The molecule has 0 aromatic rings. The van der Waals surface area contributed by atoms with Crippen molar-refractivity contribution in [3.8, 4) is 0 Å².